The average Bonchev–Trinajstić information content (AvgIpc) is 3.38. The van der Waals surface area contributed by atoms with Crippen molar-refractivity contribution in [2.24, 2.45) is 0 Å². The molecule has 0 aromatic heterocycles. The molecule has 166 valence electrons. The zero-order valence-electron chi connectivity index (χ0n) is 17.2. The molecule has 9 heteroatoms. The summed E-state index contributed by atoms with van der Waals surface area (Å²) in [6, 6.07) is 14.5. The van der Waals surface area contributed by atoms with E-state index in [4.69, 9.17) is 14.2 Å². The lowest BCUT2D eigenvalue weighted by Crippen LogP contribution is -2.32. The monoisotopic (exact) mass is 450 g/mol. The summed E-state index contributed by atoms with van der Waals surface area (Å²) in [5.41, 5.74) is 0.716. The number of anilines is 2. The van der Waals surface area contributed by atoms with Gasteiger partial charge >= 0.3 is 0 Å². The van der Waals surface area contributed by atoms with Gasteiger partial charge in [-0.2, -0.15) is 0 Å². The fourth-order valence-electron chi connectivity index (χ4n) is 3.72. The first-order valence-electron chi connectivity index (χ1n) is 9.86. The van der Waals surface area contributed by atoms with E-state index in [1.807, 2.05) is 0 Å². The highest BCUT2D eigenvalue weighted by atomic mass is 19.2. The second-order valence-corrected chi connectivity index (χ2v) is 7.19. The fourth-order valence-corrected chi connectivity index (χ4v) is 3.72. The number of methoxy groups -OCH3 is 1. The van der Waals surface area contributed by atoms with Crippen molar-refractivity contribution in [2.75, 3.05) is 24.1 Å². The van der Waals surface area contributed by atoms with Gasteiger partial charge in [-0.05, 0) is 30.3 Å². The van der Waals surface area contributed by atoms with Gasteiger partial charge in [-0.3, -0.25) is 9.59 Å². The number of carbonyl (C=O) groups excluding carboxylic acids is 2. The van der Waals surface area contributed by atoms with Crippen molar-refractivity contribution >= 4 is 28.8 Å². The number of imide groups is 1. The van der Waals surface area contributed by atoms with Gasteiger partial charge in [0.15, 0.2) is 23.1 Å². The van der Waals surface area contributed by atoms with Crippen LogP contribution in [0, 0.1) is 11.6 Å². The molecule has 2 aliphatic rings. The summed E-state index contributed by atoms with van der Waals surface area (Å²) < 4.78 is 43.4. The Labute approximate surface area is 186 Å². The summed E-state index contributed by atoms with van der Waals surface area (Å²) in [4.78, 5) is 27.7. The van der Waals surface area contributed by atoms with E-state index in [0.29, 0.717) is 28.5 Å². The van der Waals surface area contributed by atoms with E-state index in [1.165, 1.54) is 7.11 Å². The highest BCUT2D eigenvalue weighted by Gasteiger charge is 2.41. The number of halogens is 2. The van der Waals surface area contributed by atoms with Gasteiger partial charge in [-0.1, -0.05) is 18.2 Å². The van der Waals surface area contributed by atoms with E-state index in [9.17, 15) is 18.4 Å². The molecule has 0 fully saturated rings. The summed E-state index contributed by atoms with van der Waals surface area (Å²) in [6.07, 6.45) is 0. The molecule has 7 nitrogen and oxygen atoms in total. The molecule has 0 saturated carbocycles. The molecule has 0 saturated heterocycles. The van der Waals surface area contributed by atoms with Gasteiger partial charge in [-0.15, -0.1) is 0 Å². The van der Waals surface area contributed by atoms with Crippen LogP contribution < -0.4 is 24.4 Å². The van der Waals surface area contributed by atoms with E-state index in [0.717, 1.165) is 23.1 Å². The van der Waals surface area contributed by atoms with E-state index >= 15 is 0 Å². The summed E-state index contributed by atoms with van der Waals surface area (Å²) in [7, 11) is 1.44. The summed E-state index contributed by atoms with van der Waals surface area (Å²) in [5, 5.41) is 2.99. The summed E-state index contributed by atoms with van der Waals surface area (Å²) >= 11 is 0. The first-order valence-corrected chi connectivity index (χ1v) is 9.86. The Balaban J connectivity index is 1.63. The summed E-state index contributed by atoms with van der Waals surface area (Å²) in [6.45, 7) is 0.0786. The maximum absolute atomic E-state index is 13.9. The number of ether oxygens (including phenoxy) is 3. The van der Waals surface area contributed by atoms with Gasteiger partial charge in [0.05, 0.1) is 18.4 Å². The molecule has 2 heterocycles. The molecule has 0 atom stereocenters. The Morgan fingerprint density at radius 1 is 0.909 bits per heavy atom. The molecule has 3 aromatic carbocycles. The zero-order valence-corrected chi connectivity index (χ0v) is 17.2. The number of para-hydroxylation sites is 1. The van der Waals surface area contributed by atoms with Gasteiger partial charge in [0.25, 0.3) is 11.8 Å². The van der Waals surface area contributed by atoms with Crippen LogP contribution in [0.3, 0.4) is 0 Å². The number of benzene rings is 3. The minimum atomic E-state index is -1.18. The van der Waals surface area contributed by atoms with E-state index in [-0.39, 0.29) is 23.8 Å². The summed E-state index contributed by atoms with van der Waals surface area (Å²) in [5.74, 6) is -2.31. The number of hydrogen-bond acceptors (Lipinski definition) is 6. The Morgan fingerprint density at radius 2 is 1.70 bits per heavy atom. The first kappa shape index (κ1) is 20.5. The van der Waals surface area contributed by atoms with Crippen LogP contribution in [0.5, 0.6) is 17.2 Å². The largest absolute Gasteiger partial charge is 0.496 e. The molecule has 3 aromatic rings. The quantitative estimate of drug-likeness (QED) is 0.590. The van der Waals surface area contributed by atoms with Gasteiger partial charge in [0, 0.05) is 23.4 Å². The second kappa shape index (κ2) is 7.94. The number of nitrogens with one attached hydrogen (secondary N) is 1. The Bertz CT molecular complexity index is 1340. The SMILES string of the molecule is COc1ccccc1C1=C(Nc2ccc3c(c2)OCO3)C(=O)N(c2ccc(F)c(F)c2)C1=O. The first-order chi connectivity index (χ1) is 16.0. The molecule has 33 heavy (non-hydrogen) atoms. The molecular weight excluding hydrogens is 434 g/mol. The molecule has 5 rings (SSSR count). The van der Waals surface area contributed by atoms with Crippen LogP contribution in [0.25, 0.3) is 5.57 Å². The van der Waals surface area contributed by atoms with Crippen molar-refractivity contribution in [3.05, 3.63) is 83.6 Å². The molecule has 0 aliphatic carbocycles. The van der Waals surface area contributed by atoms with Crippen molar-refractivity contribution in [2.45, 2.75) is 0 Å². The van der Waals surface area contributed by atoms with Crippen LogP contribution in [-0.2, 0) is 9.59 Å². The molecule has 0 bridgehead atoms. The van der Waals surface area contributed by atoms with Crippen molar-refractivity contribution in [3.63, 3.8) is 0 Å². The van der Waals surface area contributed by atoms with Crippen LogP contribution >= 0.6 is 0 Å². The fraction of sp³-hybridized carbons (Fsp3) is 0.0833. The predicted molar refractivity (Wildman–Crippen MR) is 115 cm³/mol. The van der Waals surface area contributed by atoms with Gasteiger partial charge in [0.1, 0.15) is 11.4 Å². The number of rotatable bonds is 5. The Morgan fingerprint density at radius 3 is 2.48 bits per heavy atom. The average molecular weight is 450 g/mol. The molecular formula is C24H16F2N2O5. The van der Waals surface area contributed by atoms with Crippen molar-refractivity contribution in [3.8, 4) is 17.2 Å². The third-order valence-electron chi connectivity index (χ3n) is 5.26. The highest BCUT2D eigenvalue weighted by Crippen LogP contribution is 2.39. The number of amides is 2. The lowest BCUT2D eigenvalue weighted by Gasteiger charge is -2.16. The Kier molecular flexibility index (Phi) is 4.93. The van der Waals surface area contributed by atoms with Crippen LogP contribution in [0.15, 0.2) is 66.4 Å². The van der Waals surface area contributed by atoms with Crippen molar-refractivity contribution in [1.29, 1.82) is 0 Å². The lowest BCUT2D eigenvalue weighted by atomic mass is 10.0. The van der Waals surface area contributed by atoms with Crippen LogP contribution in [0.1, 0.15) is 5.56 Å². The number of carbonyl (C=O) groups is 2. The smallest absolute Gasteiger partial charge is 0.282 e. The maximum Gasteiger partial charge on any atom is 0.282 e. The van der Waals surface area contributed by atoms with Crippen molar-refractivity contribution < 1.29 is 32.6 Å². The van der Waals surface area contributed by atoms with Crippen LogP contribution in [0.2, 0.25) is 0 Å². The standard InChI is InChI=1S/C24H16F2N2O5/c1-31-18-5-3-2-4-15(18)21-22(27-13-6-9-19-20(10-13)33-12-32-19)24(30)28(23(21)29)14-7-8-16(25)17(26)11-14/h2-11,27H,12H2,1H3. The normalized spacial score (nSPS) is 14.8. The topological polar surface area (TPSA) is 77.1 Å². The molecule has 0 unspecified atom stereocenters. The molecule has 0 radical (unpaired) electrons. The zero-order chi connectivity index (χ0) is 23.1. The molecule has 0 spiro atoms. The van der Waals surface area contributed by atoms with Gasteiger partial charge in [-0.25, -0.2) is 13.7 Å². The highest BCUT2D eigenvalue weighted by molar-refractivity contribution is 6.46. The minimum absolute atomic E-state index is 0.0276. The van der Waals surface area contributed by atoms with E-state index < -0.39 is 23.4 Å². The molecule has 2 amide bonds. The predicted octanol–water partition coefficient (Wildman–Crippen LogP) is 4.10. The van der Waals surface area contributed by atoms with Crippen LogP contribution in [-0.4, -0.2) is 25.7 Å². The third-order valence-corrected chi connectivity index (χ3v) is 5.26. The number of hydrogen-bond donors (Lipinski definition) is 1. The second-order valence-electron chi connectivity index (χ2n) is 7.19. The van der Waals surface area contributed by atoms with Gasteiger partial charge in [0.2, 0.25) is 6.79 Å². The maximum atomic E-state index is 13.9. The Hall–Kier alpha value is -4.40. The van der Waals surface area contributed by atoms with E-state index in [2.05, 4.69) is 5.32 Å². The lowest BCUT2D eigenvalue weighted by molar-refractivity contribution is -0.120. The van der Waals surface area contributed by atoms with Gasteiger partial charge < -0.3 is 19.5 Å². The van der Waals surface area contributed by atoms with E-state index in [1.54, 1.807) is 42.5 Å². The van der Waals surface area contributed by atoms with Crippen LogP contribution in [0.4, 0.5) is 20.2 Å². The molecule has 2 aliphatic heterocycles. The number of nitrogens with zero attached hydrogens (tertiary/aromatic N) is 1. The third kappa shape index (κ3) is 3.43. The molecule has 1 N–H and O–H groups in total. The van der Waals surface area contributed by atoms with Crippen molar-refractivity contribution in [1.82, 2.24) is 0 Å². The minimum Gasteiger partial charge on any atom is -0.496 e. The number of fused-ring (bicyclic) bond motifs is 1.